The van der Waals surface area contributed by atoms with Crippen LogP contribution in [0, 0.1) is 0 Å². The average molecular weight is 514 g/mol. The van der Waals surface area contributed by atoms with Crippen LogP contribution in [0.3, 0.4) is 0 Å². The Balaban J connectivity index is 0.00000304. The zero-order chi connectivity index (χ0) is 24.4. The first-order valence-corrected chi connectivity index (χ1v) is 12.2. The monoisotopic (exact) mass is 513 g/mol. The van der Waals surface area contributed by atoms with E-state index in [4.69, 9.17) is 21.1 Å². The Bertz CT molecular complexity index is 1260. The van der Waals surface area contributed by atoms with Crippen molar-refractivity contribution in [1.82, 2.24) is 5.32 Å². The summed E-state index contributed by atoms with van der Waals surface area (Å²) in [4.78, 5) is 24.0. The van der Waals surface area contributed by atoms with Gasteiger partial charge in [-0.15, -0.1) is 0 Å². The number of benzene rings is 3. The second-order valence-corrected chi connectivity index (χ2v) is 9.34. The number of amides is 1. The summed E-state index contributed by atoms with van der Waals surface area (Å²) in [7, 11) is 0. The molecule has 5 rings (SSSR count). The van der Waals surface area contributed by atoms with Gasteiger partial charge in [0.1, 0.15) is 17.2 Å². The minimum absolute atomic E-state index is 0. The van der Waals surface area contributed by atoms with E-state index in [-0.39, 0.29) is 47.1 Å². The predicted molar refractivity (Wildman–Crippen MR) is 130 cm³/mol. The van der Waals surface area contributed by atoms with Crippen LogP contribution in [-0.2, 0) is 11.2 Å². The number of fused-ring (bicyclic) bond motifs is 1. The minimum atomic E-state index is -1.15. The van der Waals surface area contributed by atoms with Gasteiger partial charge in [-0.05, 0) is 73.1 Å². The van der Waals surface area contributed by atoms with E-state index in [2.05, 4.69) is 23.5 Å². The molecule has 0 saturated heterocycles. The molecule has 0 bridgehead atoms. The number of carboxylic acids is 1. The Hall–Kier alpha value is -2.51. The molecule has 180 valence electrons. The summed E-state index contributed by atoms with van der Waals surface area (Å²) in [5, 5.41) is 14.7. The number of ether oxygens (including phenoxy) is 2. The van der Waals surface area contributed by atoms with Crippen LogP contribution in [0.5, 0.6) is 17.2 Å². The number of rotatable bonds is 8. The Kier molecular flexibility index (Phi) is 8.62. The van der Waals surface area contributed by atoms with Gasteiger partial charge in [-0.25, -0.2) is 0 Å². The van der Waals surface area contributed by atoms with E-state index in [1.54, 1.807) is 36.4 Å². The van der Waals surface area contributed by atoms with Crippen LogP contribution in [0.2, 0.25) is 5.02 Å². The van der Waals surface area contributed by atoms with E-state index < -0.39 is 11.9 Å². The molecule has 1 aliphatic carbocycles. The van der Waals surface area contributed by atoms with Crippen LogP contribution in [0.25, 0.3) is 0 Å². The summed E-state index contributed by atoms with van der Waals surface area (Å²) in [5.41, 5.74) is 3.73. The van der Waals surface area contributed by atoms with Crippen LogP contribution in [0.15, 0.2) is 60.7 Å². The standard InChI is InChI=1S/C28H26ClNO5.Na/c29-24-15-23-22(28(32)33)12-14-34-25(23)16-26(24)35-20-9-7-19(8-10-20)27(31)30-13-11-17-3-1-2-4-21(17)18-5-6-18;/h1-4,7-10,15-16,18,22H,5-6,11-14H2,(H,30,31)(H,32,33);/q;+1/p-1. The summed E-state index contributed by atoms with van der Waals surface area (Å²) in [5.74, 6) is -0.117. The first-order valence-electron chi connectivity index (χ1n) is 11.8. The molecule has 2 aliphatic rings. The molecule has 0 spiro atoms. The van der Waals surface area contributed by atoms with E-state index in [0.29, 0.717) is 47.3 Å². The molecule has 1 atom stereocenters. The molecule has 1 fully saturated rings. The molecular formula is C28H25ClNNaO5. The van der Waals surface area contributed by atoms with Crippen molar-refractivity contribution in [3.63, 3.8) is 0 Å². The number of carbonyl (C=O) groups excluding carboxylic acids is 2. The second kappa shape index (κ2) is 11.7. The first kappa shape index (κ1) is 26.6. The van der Waals surface area contributed by atoms with Crippen molar-refractivity contribution in [2.24, 2.45) is 0 Å². The van der Waals surface area contributed by atoms with E-state index >= 15 is 0 Å². The molecule has 6 nitrogen and oxygen atoms in total. The van der Waals surface area contributed by atoms with Gasteiger partial charge in [0.2, 0.25) is 0 Å². The average Bonchev–Trinajstić information content (AvgIpc) is 3.70. The number of carboxylic acid groups (broad SMARTS) is 1. The third kappa shape index (κ3) is 6.06. The van der Waals surface area contributed by atoms with Crippen LogP contribution in [0.1, 0.15) is 58.1 Å². The van der Waals surface area contributed by atoms with Gasteiger partial charge in [0.05, 0.1) is 11.6 Å². The summed E-state index contributed by atoms with van der Waals surface area (Å²) in [6.07, 6.45) is 3.64. The van der Waals surface area contributed by atoms with Crippen molar-refractivity contribution < 1.29 is 53.7 Å². The molecule has 0 radical (unpaired) electrons. The third-order valence-corrected chi connectivity index (χ3v) is 6.78. The Morgan fingerprint density at radius 1 is 1.03 bits per heavy atom. The van der Waals surface area contributed by atoms with Crippen LogP contribution in [0.4, 0.5) is 0 Å². The predicted octanol–water partition coefficient (Wildman–Crippen LogP) is 1.60. The van der Waals surface area contributed by atoms with E-state index in [1.807, 2.05) is 6.07 Å². The fourth-order valence-corrected chi connectivity index (χ4v) is 4.69. The first-order chi connectivity index (χ1) is 17.0. The van der Waals surface area contributed by atoms with Gasteiger partial charge in [-0.3, -0.25) is 4.79 Å². The normalized spacial score (nSPS) is 16.2. The number of nitrogens with one attached hydrogen (secondary N) is 1. The Morgan fingerprint density at radius 2 is 1.78 bits per heavy atom. The fourth-order valence-electron chi connectivity index (χ4n) is 4.48. The summed E-state index contributed by atoms with van der Waals surface area (Å²) >= 11 is 6.35. The van der Waals surface area contributed by atoms with Gasteiger partial charge in [0.15, 0.2) is 0 Å². The molecule has 1 amide bonds. The number of halogens is 1. The van der Waals surface area contributed by atoms with Gasteiger partial charge in [0.25, 0.3) is 5.91 Å². The van der Waals surface area contributed by atoms with Crippen molar-refractivity contribution >= 4 is 23.5 Å². The van der Waals surface area contributed by atoms with Gasteiger partial charge < -0.3 is 24.7 Å². The number of aliphatic carboxylic acids is 1. The summed E-state index contributed by atoms with van der Waals surface area (Å²) < 4.78 is 11.5. The summed E-state index contributed by atoms with van der Waals surface area (Å²) in [6, 6.07) is 18.4. The van der Waals surface area contributed by atoms with Gasteiger partial charge in [-0.1, -0.05) is 35.9 Å². The van der Waals surface area contributed by atoms with Crippen LogP contribution < -0.4 is 49.5 Å². The van der Waals surface area contributed by atoms with Crippen molar-refractivity contribution in [2.75, 3.05) is 13.2 Å². The maximum Gasteiger partial charge on any atom is 1.00 e. The fraction of sp³-hybridized carbons (Fsp3) is 0.286. The topological polar surface area (TPSA) is 87.7 Å². The van der Waals surface area contributed by atoms with Gasteiger partial charge in [-0.2, -0.15) is 0 Å². The third-order valence-electron chi connectivity index (χ3n) is 6.48. The maximum absolute atomic E-state index is 12.6. The molecule has 1 N–H and O–H groups in total. The number of hydrogen-bond donors (Lipinski definition) is 1. The van der Waals surface area contributed by atoms with Gasteiger partial charge >= 0.3 is 29.6 Å². The SMILES string of the molecule is O=C(NCCc1ccccc1C1CC1)c1ccc(Oc2cc3c(cc2Cl)C(C(=O)[O-])CCO3)cc1.[Na+]. The zero-order valence-corrected chi connectivity index (χ0v) is 22.8. The maximum atomic E-state index is 12.6. The molecule has 0 aromatic heterocycles. The van der Waals surface area contributed by atoms with Crippen molar-refractivity contribution in [3.8, 4) is 17.2 Å². The Morgan fingerprint density at radius 3 is 2.50 bits per heavy atom. The molecular weight excluding hydrogens is 489 g/mol. The second-order valence-electron chi connectivity index (χ2n) is 8.93. The molecule has 1 unspecified atom stereocenters. The van der Waals surface area contributed by atoms with E-state index in [9.17, 15) is 14.7 Å². The quantitative estimate of drug-likeness (QED) is 0.462. The van der Waals surface area contributed by atoms with Crippen molar-refractivity contribution in [3.05, 3.63) is 87.9 Å². The molecule has 1 heterocycles. The molecule has 8 heteroatoms. The van der Waals surface area contributed by atoms with E-state index in [0.717, 1.165) is 6.42 Å². The molecule has 36 heavy (non-hydrogen) atoms. The van der Waals surface area contributed by atoms with Crippen LogP contribution in [-0.4, -0.2) is 25.0 Å². The van der Waals surface area contributed by atoms with E-state index in [1.165, 1.54) is 24.0 Å². The largest absolute Gasteiger partial charge is 1.00 e. The molecule has 3 aromatic rings. The number of hydrogen-bond acceptors (Lipinski definition) is 5. The van der Waals surface area contributed by atoms with Crippen LogP contribution >= 0.6 is 11.6 Å². The van der Waals surface area contributed by atoms with Crippen molar-refractivity contribution in [2.45, 2.75) is 37.5 Å². The zero-order valence-electron chi connectivity index (χ0n) is 20.1. The van der Waals surface area contributed by atoms with Crippen molar-refractivity contribution in [1.29, 1.82) is 0 Å². The summed E-state index contributed by atoms with van der Waals surface area (Å²) in [6.45, 7) is 0.848. The molecule has 3 aromatic carbocycles. The smallest absolute Gasteiger partial charge is 0.549 e. The number of carbonyl (C=O) groups is 2. The molecule has 1 saturated carbocycles. The molecule has 1 aliphatic heterocycles. The minimum Gasteiger partial charge on any atom is -0.549 e. The Labute approximate surface area is 237 Å². The van der Waals surface area contributed by atoms with Gasteiger partial charge in [0, 0.05) is 35.6 Å².